The molecule has 0 radical (unpaired) electrons. The molecule has 0 saturated heterocycles. The van der Waals surface area contributed by atoms with E-state index in [4.69, 9.17) is 4.74 Å². The Bertz CT molecular complexity index is 711. The van der Waals surface area contributed by atoms with Crippen molar-refractivity contribution in [2.75, 3.05) is 7.11 Å². The molecule has 1 amide bonds. The van der Waals surface area contributed by atoms with E-state index < -0.39 is 17.4 Å². The average Bonchev–Trinajstić information content (AvgIpc) is 3.04. The summed E-state index contributed by atoms with van der Waals surface area (Å²) in [6.45, 7) is 3.20. The third-order valence-corrected chi connectivity index (χ3v) is 4.68. The quantitative estimate of drug-likeness (QED) is 0.848. The van der Waals surface area contributed by atoms with Crippen LogP contribution in [0.5, 0.6) is 5.75 Å². The van der Waals surface area contributed by atoms with Gasteiger partial charge in [0.15, 0.2) is 0 Å². The smallest absolute Gasteiger partial charge is 0.329 e. The van der Waals surface area contributed by atoms with Crippen molar-refractivity contribution in [3.63, 3.8) is 0 Å². The van der Waals surface area contributed by atoms with Gasteiger partial charge in [0.05, 0.1) is 13.3 Å². The monoisotopic (exact) mass is 334 g/mol. The first-order chi connectivity index (χ1) is 10.9. The molecule has 2 aromatic rings. The third-order valence-electron chi connectivity index (χ3n) is 3.64. The SMILES string of the molecule is CCC(C)(NC(=O)c1cnc(-c2ccc(OC)cc2)s1)C(=O)O. The number of nitrogens with zero attached hydrogens (tertiary/aromatic N) is 1. The number of carboxylic acid groups (broad SMARTS) is 1. The number of carboxylic acids is 1. The number of hydrogen-bond acceptors (Lipinski definition) is 5. The second-order valence-corrected chi connectivity index (χ2v) is 6.23. The zero-order valence-corrected chi connectivity index (χ0v) is 13.9. The molecule has 0 aliphatic heterocycles. The lowest BCUT2D eigenvalue weighted by Crippen LogP contribution is -2.51. The van der Waals surface area contributed by atoms with Gasteiger partial charge in [-0.15, -0.1) is 11.3 Å². The second kappa shape index (κ2) is 6.78. The van der Waals surface area contributed by atoms with Crippen molar-refractivity contribution in [3.8, 4) is 16.3 Å². The van der Waals surface area contributed by atoms with Crippen LogP contribution in [-0.4, -0.2) is 34.6 Å². The van der Waals surface area contributed by atoms with Crippen LogP contribution in [0.1, 0.15) is 29.9 Å². The molecule has 122 valence electrons. The molecule has 1 aromatic carbocycles. The van der Waals surface area contributed by atoms with E-state index in [0.29, 0.717) is 9.88 Å². The Hall–Kier alpha value is -2.41. The summed E-state index contributed by atoms with van der Waals surface area (Å²) >= 11 is 1.21. The highest BCUT2D eigenvalue weighted by Crippen LogP contribution is 2.27. The number of carbonyl (C=O) groups is 2. The lowest BCUT2D eigenvalue weighted by Gasteiger charge is -2.23. The minimum Gasteiger partial charge on any atom is -0.497 e. The summed E-state index contributed by atoms with van der Waals surface area (Å²) in [5, 5.41) is 12.5. The summed E-state index contributed by atoms with van der Waals surface area (Å²) in [6, 6.07) is 7.34. The van der Waals surface area contributed by atoms with Gasteiger partial charge in [-0.3, -0.25) is 4.79 Å². The Kier molecular flexibility index (Phi) is 5.00. The van der Waals surface area contributed by atoms with E-state index in [1.807, 2.05) is 24.3 Å². The Morgan fingerprint density at radius 3 is 2.52 bits per heavy atom. The topological polar surface area (TPSA) is 88.5 Å². The molecular formula is C16H18N2O4S. The number of methoxy groups -OCH3 is 1. The normalized spacial score (nSPS) is 13.2. The molecule has 0 bridgehead atoms. The van der Waals surface area contributed by atoms with Crippen molar-refractivity contribution >= 4 is 23.2 Å². The Balaban J connectivity index is 2.17. The molecule has 2 rings (SSSR count). The van der Waals surface area contributed by atoms with Crippen LogP contribution in [0.3, 0.4) is 0 Å². The highest BCUT2D eigenvalue weighted by molar-refractivity contribution is 7.16. The van der Waals surface area contributed by atoms with Gasteiger partial charge in [-0.25, -0.2) is 9.78 Å². The number of carbonyl (C=O) groups excluding carboxylic acids is 1. The van der Waals surface area contributed by atoms with Gasteiger partial charge in [-0.05, 0) is 37.6 Å². The Labute approximate surface area is 138 Å². The minimum atomic E-state index is -1.29. The van der Waals surface area contributed by atoms with Crippen molar-refractivity contribution in [1.29, 1.82) is 0 Å². The standard InChI is InChI=1S/C16H18N2O4S/c1-4-16(2,15(20)21)18-13(19)12-9-17-14(23-12)10-5-7-11(22-3)8-6-10/h5-9H,4H2,1-3H3,(H,18,19)(H,20,21). The first kappa shape index (κ1) is 17.0. The number of rotatable bonds is 6. The van der Waals surface area contributed by atoms with Crippen LogP contribution in [0.25, 0.3) is 10.6 Å². The molecular weight excluding hydrogens is 316 g/mol. The molecule has 1 aromatic heterocycles. The molecule has 7 heteroatoms. The lowest BCUT2D eigenvalue weighted by molar-refractivity contribution is -0.143. The Morgan fingerprint density at radius 1 is 1.35 bits per heavy atom. The zero-order chi connectivity index (χ0) is 17.0. The maximum Gasteiger partial charge on any atom is 0.329 e. The largest absolute Gasteiger partial charge is 0.497 e. The van der Waals surface area contributed by atoms with E-state index in [1.54, 1.807) is 14.0 Å². The van der Waals surface area contributed by atoms with Gasteiger partial charge in [0.25, 0.3) is 5.91 Å². The van der Waals surface area contributed by atoms with E-state index in [1.165, 1.54) is 24.5 Å². The van der Waals surface area contributed by atoms with Crippen molar-refractivity contribution in [1.82, 2.24) is 10.3 Å². The molecule has 0 fully saturated rings. The van der Waals surface area contributed by atoms with Crippen LogP contribution in [0.15, 0.2) is 30.5 Å². The summed E-state index contributed by atoms with van der Waals surface area (Å²) in [5.74, 6) is -0.759. The van der Waals surface area contributed by atoms with Gasteiger partial charge in [-0.2, -0.15) is 0 Å². The van der Waals surface area contributed by atoms with Crippen LogP contribution >= 0.6 is 11.3 Å². The maximum atomic E-state index is 12.2. The van der Waals surface area contributed by atoms with Gasteiger partial charge < -0.3 is 15.2 Å². The number of thiazole rings is 1. The summed E-state index contributed by atoms with van der Waals surface area (Å²) in [5.41, 5.74) is -0.423. The second-order valence-electron chi connectivity index (χ2n) is 5.20. The first-order valence-corrected chi connectivity index (χ1v) is 7.87. The highest BCUT2D eigenvalue weighted by Gasteiger charge is 2.33. The van der Waals surface area contributed by atoms with Gasteiger partial charge in [-0.1, -0.05) is 6.92 Å². The average molecular weight is 334 g/mol. The third kappa shape index (κ3) is 3.68. The first-order valence-electron chi connectivity index (χ1n) is 7.05. The van der Waals surface area contributed by atoms with Crippen molar-refractivity contribution in [2.45, 2.75) is 25.8 Å². The molecule has 1 heterocycles. The minimum absolute atomic E-state index is 0.290. The summed E-state index contributed by atoms with van der Waals surface area (Å²) in [4.78, 5) is 28.1. The molecule has 0 spiro atoms. The van der Waals surface area contributed by atoms with Crippen molar-refractivity contribution in [2.24, 2.45) is 0 Å². The highest BCUT2D eigenvalue weighted by atomic mass is 32.1. The number of amides is 1. The van der Waals surface area contributed by atoms with Crippen LogP contribution in [0, 0.1) is 0 Å². The predicted molar refractivity (Wildman–Crippen MR) is 87.9 cm³/mol. The molecule has 0 saturated carbocycles. The summed E-state index contributed by atoms with van der Waals surface area (Å²) in [7, 11) is 1.59. The zero-order valence-electron chi connectivity index (χ0n) is 13.1. The molecule has 0 aliphatic rings. The van der Waals surface area contributed by atoms with Crippen molar-refractivity contribution < 1.29 is 19.4 Å². The molecule has 2 N–H and O–H groups in total. The van der Waals surface area contributed by atoms with Crippen LogP contribution < -0.4 is 10.1 Å². The molecule has 0 aliphatic carbocycles. The van der Waals surface area contributed by atoms with E-state index in [-0.39, 0.29) is 6.42 Å². The molecule has 23 heavy (non-hydrogen) atoms. The van der Waals surface area contributed by atoms with Gasteiger partial charge >= 0.3 is 5.97 Å². The summed E-state index contributed by atoms with van der Waals surface area (Å²) < 4.78 is 5.10. The summed E-state index contributed by atoms with van der Waals surface area (Å²) in [6.07, 6.45) is 1.75. The number of ether oxygens (including phenoxy) is 1. The van der Waals surface area contributed by atoms with E-state index in [9.17, 15) is 14.7 Å². The number of aromatic nitrogens is 1. The Morgan fingerprint density at radius 2 is 2.00 bits per heavy atom. The van der Waals surface area contributed by atoms with Crippen LogP contribution in [0.4, 0.5) is 0 Å². The fourth-order valence-electron chi connectivity index (χ4n) is 1.85. The van der Waals surface area contributed by atoms with Gasteiger partial charge in [0, 0.05) is 5.56 Å². The fraction of sp³-hybridized carbons (Fsp3) is 0.312. The number of nitrogens with one attached hydrogen (secondary N) is 1. The van der Waals surface area contributed by atoms with Crippen LogP contribution in [0.2, 0.25) is 0 Å². The number of hydrogen-bond donors (Lipinski definition) is 2. The fourth-order valence-corrected chi connectivity index (χ4v) is 2.67. The van der Waals surface area contributed by atoms with Gasteiger partial charge in [0.2, 0.25) is 0 Å². The molecule has 1 unspecified atom stereocenters. The van der Waals surface area contributed by atoms with E-state index >= 15 is 0 Å². The van der Waals surface area contributed by atoms with Crippen LogP contribution in [-0.2, 0) is 4.79 Å². The van der Waals surface area contributed by atoms with E-state index in [0.717, 1.165) is 11.3 Å². The molecule has 6 nitrogen and oxygen atoms in total. The van der Waals surface area contributed by atoms with Crippen molar-refractivity contribution in [3.05, 3.63) is 35.3 Å². The molecule has 1 atom stereocenters. The van der Waals surface area contributed by atoms with E-state index in [2.05, 4.69) is 10.3 Å². The maximum absolute atomic E-state index is 12.2. The lowest BCUT2D eigenvalue weighted by atomic mass is 9.99. The predicted octanol–water partition coefficient (Wildman–Crippen LogP) is 2.80. The number of benzene rings is 1. The number of aliphatic carboxylic acids is 1. The van der Waals surface area contributed by atoms with Gasteiger partial charge in [0.1, 0.15) is 21.2 Å².